The zero-order chi connectivity index (χ0) is 8.27. The number of imidazole rings is 1. The third-order valence-corrected chi connectivity index (χ3v) is 1.38. The van der Waals surface area contributed by atoms with Gasteiger partial charge in [-0.3, -0.25) is 4.57 Å². The summed E-state index contributed by atoms with van der Waals surface area (Å²) in [5.74, 6) is -0.992. The first-order valence-electron chi connectivity index (χ1n) is 2.87. The first kappa shape index (κ1) is 7.74. The Bertz CT molecular complexity index is 336. The molecule has 2 N–H and O–H groups in total. The molecule has 0 saturated heterocycles. The van der Waals surface area contributed by atoms with Crippen molar-refractivity contribution >= 4 is 24.4 Å². The van der Waals surface area contributed by atoms with Gasteiger partial charge < -0.3 is 10.1 Å². The minimum absolute atomic E-state index is 0.475. The number of aromatic amines is 1. The highest BCUT2D eigenvalue weighted by atomic mass is 32.1. The van der Waals surface area contributed by atoms with Crippen molar-refractivity contribution in [2.45, 2.75) is 0 Å². The SMILES string of the molecule is O=C(O)C=Cn1cc[nH]c1=S. The highest BCUT2D eigenvalue weighted by Crippen LogP contribution is 1.90. The molecule has 0 spiro atoms. The van der Waals surface area contributed by atoms with Gasteiger partial charge >= 0.3 is 5.97 Å². The smallest absolute Gasteiger partial charge is 0.329 e. The number of carboxylic acids is 1. The molecule has 0 unspecified atom stereocenters. The topological polar surface area (TPSA) is 58.0 Å². The third-order valence-electron chi connectivity index (χ3n) is 1.05. The molecular weight excluding hydrogens is 164 g/mol. The maximum atomic E-state index is 10.1. The van der Waals surface area contributed by atoms with E-state index >= 15 is 0 Å². The number of hydrogen-bond acceptors (Lipinski definition) is 2. The van der Waals surface area contributed by atoms with E-state index < -0.39 is 5.97 Å². The van der Waals surface area contributed by atoms with Gasteiger partial charge in [0.25, 0.3) is 0 Å². The van der Waals surface area contributed by atoms with Gasteiger partial charge in [0.1, 0.15) is 0 Å². The van der Waals surface area contributed by atoms with E-state index in [4.69, 9.17) is 17.3 Å². The van der Waals surface area contributed by atoms with Crippen LogP contribution < -0.4 is 0 Å². The minimum Gasteiger partial charge on any atom is -0.478 e. The molecule has 0 amide bonds. The fourth-order valence-corrected chi connectivity index (χ4v) is 0.782. The van der Waals surface area contributed by atoms with E-state index in [0.717, 1.165) is 6.08 Å². The molecule has 0 radical (unpaired) electrons. The van der Waals surface area contributed by atoms with Crippen LogP contribution in [0.15, 0.2) is 18.5 Å². The highest BCUT2D eigenvalue weighted by molar-refractivity contribution is 7.71. The van der Waals surface area contributed by atoms with E-state index in [0.29, 0.717) is 4.77 Å². The molecule has 5 heteroatoms. The number of rotatable bonds is 2. The molecule has 0 bridgehead atoms. The summed E-state index contributed by atoms with van der Waals surface area (Å²) < 4.78 is 1.98. The molecule has 1 rings (SSSR count). The van der Waals surface area contributed by atoms with Crippen LogP contribution in [0, 0.1) is 4.77 Å². The zero-order valence-electron chi connectivity index (χ0n) is 5.52. The summed E-state index contributed by atoms with van der Waals surface area (Å²) in [6, 6.07) is 0. The lowest BCUT2D eigenvalue weighted by Crippen LogP contribution is -1.89. The van der Waals surface area contributed by atoms with Crippen LogP contribution in [0.3, 0.4) is 0 Å². The Kier molecular flexibility index (Phi) is 2.22. The average molecular weight is 170 g/mol. The lowest BCUT2D eigenvalue weighted by Gasteiger charge is -1.87. The molecule has 0 saturated carbocycles. The second kappa shape index (κ2) is 3.16. The van der Waals surface area contributed by atoms with Crippen LogP contribution in [0.5, 0.6) is 0 Å². The first-order valence-corrected chi connectivity index (χ1v) is 3.27. The van der Waals surface area contributed by atoms with Crippen molar-refractivity contribution in [3.05, 3.63) is 23.2 Å². The maximum Gasteiger partial charge on any atom is 0.329 e. The summed E-state index contributed by atoms with van der Waals surface area (Å²) in [5.41, 5.74) is 0. The second-order valence-electron chi connectivity index (χ2n) is 1.83. The lowest BCUT2D eigenvalue weighted by molar-refractivity contribution is -0.131. The molecule has 0 atom stereocenters. The van der Waals surface area contributed by atoms with Gasteiger partial charge in [-0.25, -0.2) is 4.79 Å². The summed E-state index contributed by atoms with van der Waals surface area (Å²) in [7, 11) is 0. The Hall–Kier alpha value is -1.36. The maximum absolute atomic E-state index is 10.1. The van der Waals surface area contributed by atoms with Crippen molar-refractivity contribution in [1.29, 1.82) is 0 Å². The van der Waals surface area contributed by atoms with E-state index in [-0.39, 0.29) is 0 Å². The number of aromatic nitrogens is 2. The molecule has 1 heterocycles. The Morgan fingerprint density at radius 1 is 1.82 bits per heavy atom. The van der Waals surface area contributed by atoms with Crippen molar-refractivity contribution in [1.82, 2.24) is 9.55 Å². The molecule has 1 aromatic rings. The van der Waals surface area contributed by atoms with Gasteiger partial charge in [-0.05, 0) is 12.2 Å². The summed E-state index contributed by atoms with van der Waals surface area (Å²) in [5, 5.41) is 8.26. The number of aliphatic carboxylic acids is 1. The summed E-state index contributed by atoms with van der Waals surface area (Å²) in [6.45, 7) is 0. The molecule has 4 nitrogen and oxygen atoms in total. The first-order chi connectivity index (χ1) is 5.20. The van der Waals surface area contributed by atoms with Crippen molar-refractivity contribution in [2.24, 2.45) is 0 Å². The molecule has 11 heavy (non-hydrogen) atoms. The molecule has 0 aromatic carbocycles. The number of carbonyl (C=O) groups is 1. The molecule has 0 fully saturated rings. The van der Waals surface area contributed by atoms with Crippen molar-refractivity contribution in [3.63, 3.8) is 0 Å². The number of nitrogens with one attached hydrogen (secondary N) is 1. The Balaban J connectivity index is 2.88. The van der Waals surface area contributed by atoms with E-state index in [2.05, 4.69) is 4.98 Å². The predicted molar refractivity (Wildman–Crippen MR) is 42.6 cm³/mol. The van der Waals surface area contributed by atoms with Crippen LogP contribution >= 0.6 is 12.2 Å². The molecule has 0 aliphatic heterocycles. The van der Waals surface area contributed by atoms with Gasteiger partial charge in [0.05, 0.1) is 0 Å². The number of H-pyrrole nitrogens is 1. The van der Waals surface area contributed by atoms with Gasteiger partial charge in [-0.2, -0.15) is 0 Å². The number of carboxylic acid groups (broad SMARTS) is 1. The second-order valence-corrected chi connectivity index (χ2v) is 2.21. The van der Waals surface area contributed by atoms with E-state index in [1.807, 2.05) is 0 Å². The number of nitrogens with zero attached hydrogens (tertiary/aromatic N) is 1. The van der Waals surface area contributed by atoms with Crippen LogP contribution in [-0.2, 0) is 4.79 Å². The van der Waals surface area contributed by atoms with Gasteiger partial charge in [0.2, 0.25) is 0 Å². The fraction of sp³-hybridized carbons (Fsp3) is 0. The summed E-state index contributed by atoms with van der Waals surface area (Å²) >= 11 is 4.80. The highest BCUT2D eigenvalue weighted by Gasteiger charge is 1.87. The van der Waals surface area contributed by atoms with Gasteiger partial charge in [0, 0.05) is 24.7 Å². The Morgan fingerprint density at radius 2 is 2.55 bits per heavy atom. The lowest BCUT2D eigenvalue weighted by atomic mass is 10.6. The fourth-order valence-electron chi connectivity index (χ4n) is 0.593. The van der Waals surface area contributed by atoms with Crippen molar-refractivity contribution in [2.75, 3.05) is 0 Å². The van der Waals surface area contributed by atoms with Crippen LogP contribution in [0.25, 0.3) is 6.20 Å². The van der Waals surface area contributed by atoms with Gasteiger partial charge in [0.15, 0.2) is 4.77 Å². The normalized spacial score (nSPS) is 10.5. The van der Waals surface area contributed by atoms with Crippen LogP contribution in [0.1, 0.15) is 0 Å². The third kappa shape index (κ3) is 2.05. The van der Waals surface area contributed by atoms with Crippen molar-refractivity contribution in [3.8, 4) is 0 Å². The predicted octanol–water partition coefficient (Wildman–Crippen LogP) is 1.10. The van der Waals surface area contributed by atoms with Crippen LogP contribution in [0.4, 0.5) is 0 Å². The van der Waals surface area contributed by atoms with Crippen molar-refractivity contribution < 1.29 is 9.90 Å². The zero-order valence-corrected chi connectivity index (χ0v) is 6.34. The summed E-state index contributed by atoms with van der Waals surface area (Å²) in [4.78, 5) is 12.8. The largest absolute Gasteiger partial charge is 0.478 e. The number of hydrogen-bond donors (Lipinski definition) is 2. The van der Waals surface area contributed by atoms with E-state index in [1.165, 1.54) is 10.8 Å². The monoisotopic (exact) mass is 170 g/mol. The minimum atomic E-state index is -0.992. The molecule has 1 aromatic heterocycles. The standard InChI is InChI=1S/C6H6N2O2S/c9-5(10)1-3-8-4-2-7-6(8)11/h1-4H,(H,7,11)(H,9,10). The summed E-state index contributed by atoms with van der Waals surface area (Å²) in [6.07, 6.45) is 5.67. The molecule has 0 aliphatic carbocycles. The van der Waals surface area contributed by atoms with Crippen LogP contribution in [-0.4, -0.2) is 20.6 Å². The van der Waals surface area contributed by atoms with Gasteiger partial charge in [-0.15, -0.1) is 0 Å². The quantitative estimate of drug-likeness (QED) is 0.516. The molecule has 0 aliphatic rings. The van der Waals surface area contributed by atoms with Crippen LogP contribution in [0.2, 0.25) is 0 Å². The average Bonchev–Trinajstić information content (AvgIpc) is 2.31. The van der Waals surface area contributed by atoms with Gasteiger partial charge in [-0.1, -0.05) is 0 Å². The Labute approximate surface area is 67.8 Å². The molecular formula is C6H6N2O2S. The van der Waals surface area contributed by atoms with E-state index in [1.54, 1.807) is 12.4 Å². The van der Waals surface area contributed by atoms with E-state index in [9.17, 15) is 4.79 Å². The Morgan fingerprint density at radius 3 is 3.00 bits per heavy atom. The molecule has 58 valence electrons.